The normalized spacial score (nSPS) is 11.2. The number of amides is 1. The molecule has 0 fully saturated rings. The summed E-state index contributed by atoms with van der Waals surface area (Å²) in [6.45, 7) is 5.33. The summed E-state index contributed by atoms with van der Waals surface area (Å²) in [6, 6.07) is 9.84. The highest BCUT2D eigenvalue weighted by Crippen LogP contribution is 2.22. The van der Waals surface area contributed by atoms with Crippen molar-refractivity contribution in [2.45, 2.75) is 19.3 Å². The van der Waals surface area contributed by atoms with Crippen LogP contribution in [0.15, 0.2) is 30.3 Å². The van der Waals surface area contributed by atoms with Crippen LogP contribution in [0.2, 0.25) is 0 Å². The number of benzene rings is 1. The molecule has 0 spiro atoms. The van der Waals surface area contributed by atoms with E-state index in [1.165, 1.54) is 0 Å². The van der Waals surface area contributed by atoms with Gasteiger partial charge in [-0.3, -0.25) is 4.79 Å². The zero-order chi connectivity index (χ0) is 12.0. The fraction of sp³-hybridized carbons (Fsp3) is 0.462. The summed E-state index contributed by atoms with van der Waals surface area (Å²) < 4.78 is 0. The quantitative estimate of drug-likeness (QED) is 0.734. The molecule has 3 heteroatoms. The first-order valence-electron chi connectivity index (χ1n) is 5.57. The Morgan fingerprint density at radius 1 is 1.19 bits per heavy atom. The Balaban J connectivity index is 2.66. The SMILES string of the molecule is CNCCNC(=O)C(C)(C)c1ccccc1. The van der Waals surface area contributed by atoms with E-state index in [-0.39, 0.29) is 5.91 Å². The third-order valence-electron chi connectivity index (χ3n) is 2.72. The summed E-state index contributed by atoms with van der Waals surface area (Å²) in [5, 5.41) is 5.92. The minimum Gasteiger partial charge on any atom is -0.354 e. The topological polar surface area (TPSA) is 41.1 Å². The Kier molecular flexibility index (Phi) is 4.50. The fourth-order valence-corrected chi connectivity index (χ4v) is 1.51. The second kappa shape index (κ2) is 5.66. The van der Waals surface area contributed by atoms with Crippen molar-refractivity contribution in [2.75, 3.05) is 20.1 Å². The summed E-state index contributed by atoms with van der Waals surface area (Å²) in [5.74, 6) is 0.0638. The molecule has 88 valence electrons. The van der Waals surface area contributed by atoms with Crippen LogP contribution in [-0.2, 0) is 10.2 Å². The van der Waals surface area contributed by atoms with Crippen LogP contribution >= 0.6 is 0 Å². The van der Waals surface area contributed by atoms with Gasteiger partial charge in [-0.25, -0.2) is 0 Å². The maximum absolute atomic E-state index is 12.0. The minimum absolute atomic E-state index is 0.0638. The maximum Gasteiger partial charge on any atom is 0.230 e. The summed E-state index contributed by atoms with van der Waals surface area (Å²) in [7, 11) is 1.87. The first-order valence-corrected chi connectivity index (χ1v) is 5.57. The summed E-state index contributed by atoms with van der Waals surface area (Å²) >= 11 is 0. The van der Waals surface area contributed by atoms with Gasteiger partial charge in [-0.15, -0.1) is 0 Å². The third-order valence-corrected chi connectivity index (χ3v) is 2.72. The van der Waals surface area contributed by atoms with E-state index in [0.717, 1.165) is 12.1 Å². The number of carbonyl (C=O) groups is 1. The van der Waals surface area contributed by atoms with Gasteiger partial charge in [0.05, 0.1) is 5.41 Å². The Labute approximate surface area is 97.2 Å². The van der Waals surface area contributed by atoms with Crippen molar-refractivity contribution < 1.29 is 4.79 Å². The van der Waals surface area contributed by atoms with Crippen molar-refractivity contribution >= 4 is 5.91 Å². The van der Waals surface area contributed by atoms with Gasteiger partial charge in [0, 0.05) is 13.1 Å². The molecular formula is C13H20N2O. The third kappa shape index (κ3) is 3.07. The lowest BCUT2D eigenvalue weighted by atomic mass is 9.84. The maximum atomic E-state index is 12.0. The van der Waals surface area contributed by atoms with Gasteiger partial charge in [-0.1, -0.05) is 30.3 Å². The molecule has 3 nitrogen and oxygen atoms in total. The molecule has 0 aliphatic carbocycles. The molecule has 0 aliphatic rings. The number of hydrogen-bond donors (Lipinski definition) is 2. The monoisotopic (exact) mass is 220 g/mol. The van der Waals surface area contributed by atoms with E-state index in [1.54, 1.807) is 0 Å². The molecule has 0 atom stereocenters. The molecule has 0 aromatic heterocycles. The molecule has 0 saturated heterocycles. The molecule has 0 radical (unpaired) electrons. The molecule has 1 amide bonds. The Morgan fingerprint density at radius 2 is 1.81 bits per heavy atom. The molecular weight excluding hydrogens is 200 g/mol. The van der Waals surface area contributed by atoms with Crippen LogP contribution in [0.1, 0.15) is 19.4 Å². The molecule has 2 N–H and O–H groups in total. The molecule has 0 aliphatic heterocycles. The van der Waals surface area contributed by atoms with Crippen LogP contribution in [0.25, 0.3) is 0 Å². The van der Waals surface area contributed by atoms with Crippen molar-refractivity contribution in [3.8, 4) is 0 Å². The molecule has 1 rings (SSSR count). The predicted octanol–water partition coefficient (Wildman–Crippen LogP) is 1.30. The number of rotatable bonds is 5. The van der Waals surface area contributed by atoms with E-state index in [0.29, 0.717) is 6.54 Å². The van der Waals surface area contributed by atoms with E-state index < -0.39 is 5.41 Å². The van der Waals surface area contributed by atoms with Gasteiger partial charge < -0.3 is 10.6 Å². The lowest BCUT2D eigenvalue weighted by Crippen LogP contribution is -2.42. The van der Waals surface area contributed by atoms with Gasteiger partial charge >= 0.3 is 0 Å². The van der Waals surface area contributed by atoms with Gasteiger partial charge in [0.2, 0.25) is 5.91 Å². The molecule has 0 bridgehead atoms. The number of hydrogen-bond acceptors (Lipinski definition) is 2. The van der Waals surface area contributed by atoms with Gasteiger partial charge in [-0.2, -0.15) is 0 Å². The van der Waals surface area contributed by atoms with Gasteiger partial charge in [-0.05, 0) is 26.5 Å². The Morgan fingerprint density at radius 3 is 2.38 bits per heavy atom. The summed E-state index contributed by atoms with van der Waals surface area (Å²) in [5.41, 5.74) is 0.562. The van der Waals surface area contributed by atoms with Crippen molar-refractivity contribution in [3.05, 3.63) is 35.9 Å². The lowest BCUT2D eigenvalue weighted by Gasteiger charge is -2.24. The van der Waals surface area contributed by atoms with Crippen molar-refractivity contribution in [2.24, 2.45) is 0 Å². The first kappa shape index (κ1) is 12.7. The molecule has 0 heterocycles. The van der Waals surface area contributed by atoms with E-state index in [1.807, 2.05) is 51.2 Å². The van der Waals surface area contributed by atoms with Crippen molar-refractivity contribution in [1.29, 1.82) is 0 Å². The summed E-state index contributed by atoms with van der Waals surface area (Å²) in [6.07, 6.45) is 0. The highest BCUT2D eigenvalue weighted by atomic mass is 16.2. The predicted molar refractivity (Wildman–Crippen MR) is 66.4 cm³/mol. The zero-order valence-electron chi connectivity index (χ0n) is 10.2. The zero-order valence-corrected chi connectivity index (χ0v) is 10.2. The number of likely N-dealkylation sites (N-methyl/N-ethyl adjacent to an activating group) is 1. The Bertz CT molecular complexity index is 333. The molecule has 0 saturated carbocycles. The van der Waals surface area contributed by atoms with E-state index >= 15 is 0 Å². The van der Waals surface area contributed by atoms with Crippen LogP contribution in [0.4, 0.5) is 0 Å². The highest BCUT2D eigenvalue weighted by Gasteiger charge is 2.28. The van der Waals surface area contributed by atoms with Crippen LogP contribution < -0.4 is 10.6 Å². The largest absolute Gasteiger partial charge is 0.354 e. The van der Waals surface area contributed by atoms with E-state index in [4.69, 9.17) is 0 Å². The molecule has 0 unspecified atom stereocenters. The summed E-state index contributed by atoms with van der Waals surface area (Å²) in [4.78, 5) is 12.0. The van der Waals surface area contributed by atoms with Crippen molar-refractivity contribution in [1.82, 2.24) is 10.6 Å². The van der Waals surface area contributed by atoms with Crippen LogP contribution in [0, 0.1) is 0 Å². The van der Waals surface area contributed by atoms with Crippen molar-refractivity contribution in [3.63, 3.8) is 0 Å². The minimum atomic E-state index is -0.477. The molecule has 1 aromatic rings. The number of carbonyl (C=O) groups excluding carboxylic acids is 1. The van der Waals surface area contributed by atoms with Gasteiger partial charge in [0.1, 0.15) is 0 Å². The first-order chi connectivity index (χ1) is 7.59. The Hall–Kier alpha value is -1.35. The standard InChI is InChI=1S/C13H20N2O/c1-13(2,11-7-5-4-6-8-11)12(16)15-10-9-14-3/h4-8,14H,9-10H2,1-3H3,(H,15,16). The second-order valence-electron chi connectivity index (χ2n) is 4.35. The van der Waals surface area contributed by atoms with E-state index in [9.17, 15) is 4.79 Å². The average Bonchev–Trinajstić information content (AvgIpc) is 2.30. The fourth-order valence-electron chi connectivity index (χ4n) is 1.51. The molecule has 1 aromatic carbocycles. The van der Waals surface area contributed by atoms with Crippen LogP contribution in [0.3, 0.4) is 0 Å². The van der Waals surface area contributed by atoms with E-state index in [2.05, 4.69) is 10.6 Å². The van der Waals surface area contributed by atoms with Crippen LogP contribution in [-0.4, -0.2) is 26.0 Å². The van der Waals surface area contributed by atoms with Gasteiger partial charge in [0.25, 0.3) is 0 Å². The number of nitrogens with one attached hydrogen (secondary N) is 2. The van der Waals surface area contributed by atoms with Crippen LogP contribution in [0.5, 0.6) is 0 Å². The highest BCUT2D eigenvalue weighted by molar-refractivity contribution is 5.87. The average molecular weight is 220 g/mol. The lowest BCUT2D eigenvalue weighted by molar-refractivity contribution is -0.125. The van der Waals surface area contributed by atoms with Gasteiger partial charge in [0.15, 0.2) is 0 Å². The smallest absolute Gasteiger partial charge is 0.230 e. The molecule has 16 heavy (non-hydrogen) atoms. The second-order valence-corrected chi connectivity index (χ2v) is 4.35.